The Bertz CT molecular complexity index is 355. The fourth-order valence-corrected chi connectivity index (χ4v) is 0.882. The van der Waals surface area contributed by atoms with Crippen molar-refractivity contribution in [2.75, 3.05) is 7.11 Å². The Morgan fingerprint density at radius 2 is 2.21 bits per heavy atom. The Labute approximate surface area is 78.7 Å². The smallest absolute Gasteiger partial charge is 0.267 e. The van der Waals surface area contributed by atoms with E-state index in [1.165, 1.54) is 7.11 Å². The number of carbonyl (C=O) groups excluding carboxylic acids is 1. The zero-order chi connectivity index (χ0) is 10.7. The van der Waals surface area contributed by atoms with Crippen molar-refractivity contribution in [2.24, 2.45) is 5.73 Å². The number of amides is 1. The van der Waals surface area contributed by atoms with Crippen LogP contribution >= 0.6 is 0 Å². The molecular formula is C8H8F2N2O2. The zero-order valence-electron chi connectivity index (χ0n) is 7.33. The molecule has 1 aromatic heterocycles. The molecule has 0 bridgehead atoms. The topological polar surface area (TPSA) is 65.2 Å². The highest BCUT2D eigenvalue weighted by Gasteiger charge is 2.13. The largest absolute Gasteiger partial charge is 0.481 e. The average molecular weight is 202 g/mol. The maximum Gasteiger partial charge on any atom is 0.267 e. The van der Waals surface area contributed by atoms with E-state index in [4.69, 9.17) is 5.73 Å². The van der Waals surface area contributed by atoms with E-state index in [1.807, 2.05) is 0 Å². The van der Waals surface area contributed by atoms with Crippen molar-refractivity contribution in [3.05, 3.63) is 23.4 Å². The van der Waals surface area contributed by atoms with Crippen LogP contribution in [0.25, 0.3) is 0 Å². The molecule has 1 heterocycles. The van der Waals surface area contributed by atoms with Gasteiger partial charge in [-0.2, -0.15) is 0 Å². The summed E-state index contributed by atoms with van der Waals surface area (Å²) in [5.74, 6) is -0.928. The van der Waals surface area contributed by atoms with Gasteiger partial charge in [-0.25, -0.2) is 13.8 Å². The third kappa shape index (κ3) is 2.15. The quantitative estimate of drug-likeness (QED) is 0.798. The molecule has 1 rings (SSSR count). The zero-order valence-corrected chi connectivity index (χ0v) is 7.33. The van der Waals surface area contributed by atoms with E-state index in [1.54, 1.807) is 0 Å². The van der Waals surface area contributed by atoms with Crippen molar-refractivity contribution in [2.45, 2.75) is 6.43 Å². The number of rotatable bonds is 3. The molecule has 0 spiro atoms. The summed E-state index contributed by atoms with van der Waals surface area (Å²) in [6, 6.07) is 1.99. The Morgan fingerprint density at radius 3 is 2.64 bits per heavy atom. The second-order valence-electron chi connectivity index (χ2n) is 2.49. The lowest BCUT2D eigenvalue weighted by Crippen LogP contribution is -2.14. The van der Waals surface area contributed by atoms with Gasteiger partial charge >= 0.3 is 0 Å². The number of hydrogen-bond donors (Lipinski definition) is 1. The minimum absolute atomic E-state index is 0.0587. The van der Waals surface area contributed by atoms with Crippen molar-refractivity contribution < 1.29 is 18.3 Å². The molecule has 0 saturated heterocycles. The second kappa shape index (κ2) is 3.99. The number of aromatic nitrogens is 1. The molecule has 2 N–H and O–H groups in total. The number of methoxy groups -OCH3 is 1. The van der Waals surface area contributed by atoms with Gasteiger partial charge in [0.05, 0.1) is 7.11 Å². The molecule has 14 heavy (non-hydrogen) atoms. The summed E-state index contributed by atoms with van der Waals surface area (Å²) in [5.41, 5.74) is 4.33. The summed E-state index contributed by atoms with van der Waals surface area (Å²) in [5, 5.41) is 0. The van der Waals surface area contributed by atoms with Gasteiger partial charge in [-0.15, -0.1) is 0 Å². The maximum atomic E-state index is 12.3. The second-order valence-corrected chi connectivity index (χ2v) is 2.49. The summed E-state index contributed by atoms with van der Waals surface area (Å²) in [4.78, 5) is 14.3. The number of carbonyl (C=O) groups is 1. The van der Waals surface area contributed by atoms with Crippen molar-refractivity contribution >= 4 is 5.91 Å². The lowest BCUT2D eigenvalue weighted by molar-refractivity contribution is 0.0994. The highest BCUT2D eigenvalue weighted by molar-refractivity contribution is 5.91. The fourth-order valence-electron chi connectivity index (χ4n) is 0.882. The molecule has 0 saturated carbocycles. The molecule has 0 unspecified atom stereocenters. The van der Waals surface area contributed by atoms with E-state index in [0.29, 0.717) is 0 Å². The number of hydrogen-bond acceptors (Lipinski definition) is 3. The Hall–Kier alpha value is -1.72. The lowest BCUT2D eigenvalue weighted by Gasteiger charge is -2.04. The van der Waals surface area contributed by atoms with Gasteiger partial charge in [-0.1, -0.05) is 0 Å². The third-order valence-corrected chi connectivity index (χ3v) is 1.54. The molecule has 0 aliphatic carbocycles. The Balaban J connectivity index is 3.20. The molecular weight excluding hydrogens is 194 g/mol. The molecule has 4 nitrogen and oxygen atoms in total. The SMILES string of the molecule is COc1cc(C(F)F)cc(C(N)=O)n1. The molecule has 6 heteroatoms. The molecule has 76 valence electrons. The summed E-state index contributed by atoms with van der Waals surface area (Å²) in [6.45, 7) is 0. The van der Waals surface area contributed by atoms with E-state index in [-0.39, 0.29) is 17.1 Å². The third-order valence-electron chi connectivity index (χ3n) is 1.54. The number of primary amides is 1. The van der Waals surface area contributed by atoms with Crippen LogP contribution in [0.5, 0.6) is 5.88 Å². The van der Waals surface area contributed by atoms with Crippen molar-refractivity contribution in [3.63, 3.8) is 0 Å². The number of pyridine rings is 1. The van der Waals surface area contributed by atoms with Crippen LogP contribution in [0.1, 0.15) is 22.5 Å². The van der Waals surface area contributed by atoms with Crippen LogP contribution in [-0.2, 0) is 0 Å². The average Bonchev–Trinajstić information content (AvgIpc) is 2.16. The van der Waals surface area contributed by atoms with Crippen LogP contribution in [0.15, 0.2) is 12.1 Å². The first-order valence-electron chi connectivity index (χ1n) is 3.68. The maximum absolute atomic E-state index is 12.3. The van der Waals surface area contributed by atoms with Crippen LogP contribution in [0.2, 0.25) is 0 Å². The molecule has 0 atom stereocenters. The number of nitrogens with zero attached hydrogens (tertiary/aromatic N) is 1. The number of alkyl halides is 2. The van der Waals surface area contributed by atoms with Crippen LogP contribution in [0.4, 0.5) is 8.78 Å². The van der Waals surface area contributed by atoms with E-state index in [2.05, 4.69) is 9.72 Å². The van der Waals surface area contributed by atoms with Gasteiger partial charge in [-0.05, 0) is 6.07 Å². The minimum atomic E-state index is -2.69. The van der Waals surface area contributed by atoms with Crippen molar-refractivity contribution in [1.29, 1.82) is 0 Å². The number of halogens is 2. The van der Waals surface area contributed by atoms with Crippen molar-refractivity contribution in [3.8, 4) is 5.88 Å². The molecule has 0 radical (unpaired) electrons. The predicted octanol–water partition coefficient (Wildman–Crippen LogP) is 1.13. The van der Waals surface area contributed by atoms with Crippen LogP contribution in [0.3, 0.4) is 0 Å². The van der Waals surface area contributed by atoms with Gasteiger partial charge in [-0.3, -0.25) is 4.79 Å². The van der Waals surface area contributed by atoms with Gasteiger partial charge in [0.15, 0.2) is 0 Å². The lowest BCUT2D eigenvalue weighted by atomic mass is 10.2. The van der Waals surface area contributed by atoms with Gasteiger partial charge in [0.25, 0.3) is 12.3 Å². The highest BCUT2D eigenvalue weighted by atomic mass is 19.3. The molecule has 0 aromatic carbocycles. The Morgan fingerprint density at radius 1 is 1.57 bits per heavy atom. The standard InChI is InChI=1S/C8H8F2N2O2/c1-14-6-3-4(7(9)10)2-5(12-6)8(11)13/h2-3,7H,1H3,(H2,11,13). The van der Waals surface area contributed by atoms with E-state index >= 15 is 0 Å². The van der Waals surface area contributed by atoms with E-state index in [0.717, 1.165) is 12.1 Å². The number of nitrogens with two attached hydrogens (primary N) is 1. The van der Waals surface area contributed by atoms with E-state index < -0.39 is 12.3 Å². The van der Waals surface area contributed by atoms with Gasteiger partial charge in [0.1, 0.15) is 5.69 Å². The normalized spacial score (nSPS) is 10.3. The van der Waals surface area contributed by atoms with Crippen LogP contribution in [-0.4, -0.2) is 18.0 Å². The fraction of sp³-hybridized carbons (Fsp3) is 0.250. The van der Waals surface area contributed by atoms with Gasteiger partial charge in [0.2, 0.25) is 5.88 Å². The summed E-state index contributed by atoms with van der Waals surface area (Å²) >= 11 is 0. The summed E-state index contributed by atoms with van der Waals surface area (Å²) in [6.07, 6.45) is -2.69. The first kappa shape index (κ1) is 10.4. The first-order valence-corrected chi connectivity index (χ1v) is 3.68. The summed E-state index contributed by atoms with van der Waals surface area (Å²) < 4.78 is 29.2. The minimum Gasteiger partial charge on any atom is -0.481 e. The molecule has 0 aliphatic heterocycles. The molecule has 1 aromatic rings. The molecule has 0 aliphatic rings. The molecule has 0 fully saturated rings. The predicted molar refractivity (Wildman–Crippen MR) is 44.3 cm³/mol. The van der Waals surface area contributed by atoms with Crippen LogP contribution < -0.4 is 10.5 Å². The highest BCUT2D eigenvalue weighted by Crippen LogP contribution is 2.22. The van der Waals surface area contributed by atoms with E-state index in [9.17, 15) is 13.6 Å². The van der Waals surface area contributed by atoms with Gasteiger partial charge < -0.3 is 10.5 Å². The first-order chi connectivity index (χ1) is 6.54. The summed E-state index contributed by atoms with van der Waals surface area (Å²) in [7, 11) is 1.27. The Kier molecular flexibility index (Phi) is 2.95. The number of ether oxygens (including phenoxy) is 1. The molecule has 1 amide bonds. The van der Waals surface area contributed by atoms with Crippen molar-refractivity contribution in [1.82, 2.24) is 4.98 Å². The van der Waals surface area contributed by atoms with Gasteiger partial charge in [0, 0.05) is 11.6 Å². The van der Waals surface area contributed by atoms with Crippen LogP contribution in [0, 0.1) is 0 Å². The monoisotopic (exact) mass is 202 g/mol.